The van der Waals surface area contributed by atoms with E-state index in [1.54, 1.807) is 23.5 Å². The predicted molar refractivity (Wildman–Crippen MR) is 146 cm³/mol. The van der Waals surface area contributed by atoms with Gasteiger partial charge in [0, 0.05) is 4.88 Å². The number of anilines is 1. The van der Waals surface area contributed by atoms with Crippen molar-refractivity contribution in [3.63, 3.8) is 0 Å². The number of fused-ring (bicyclic) bond motifs is 4. The van der Waals surface area contributed by atoms with Gasteiger partial charge in [-0.05, 0) is 72.2 Å². The fourth-order valence-corrected chi connectivity index (χ4v) is 6.68. The summed E-state index contributed by atoms with van der Waals surface area (Å²) in [5, 5.41) is 9.36. The smallest absolute Gasteiger partial charge is 0.344 e. The van der Waals surface area contributed by atoms with Gasteiger partial charge in [0.2, 0.25) is 0 Å². The maximum Gasteiger partial charge on any atom is 0.344 e. The van der Waals surface area contributed by atoms with E-state index >= 15 is 0 Å². The molecule has 37 heavy (non-hydrogen) atoms. The molecule has 6 nitrogen and oxygen atoms in total. The Kier molecular flexibility index (Phi) is 6.08. The minimum absolute atomic E-state index is 0.0461. The molecule has 1 aliphatic heterocycles. The molecule has 2 atom stereocenters. The van der Waals surface area contributed by atoms with Crippen molar-refractivity contribution in [2.24, 2.45) is 5.92 Å². The number of hydrogen-bond acceptors (Lipinski definition) is 6. The largest absolute Gasteiger partial charge is 0.490 e. The van der Waals surface area contributed by atoms with Crippen molar-refractivity contribution in [1.29, 1.82) is 0 Å². The average Bonchev–Trinajstić information content (AvgIpc) is 3.27. The lowest BCUT2D eigenvalue weighted by Gasteiger charge is -2.27. The molecule has 188 valence electrons. The molecule has 3 aromatic carbocycles. The quantitative estimate of drug-likeness (QED) is 0.236. The van der Waals surface area contributed by atoms with Crippen LogP contribution in [-0.4, -0.2) is 18.5 Å². The first-order valence-electron chi connectivity index (χ1n) is 12.7. The van der Waals surface area contributed by atoms with Crippen LogP contribution in [0.4, 0.5) is 5.00 Å². The van der Waals surface area contributed by atoms with Gasteiger partial charge in [-0.1, -0.05) is 49.4 Å². The van der Waals surface area contributed by atoms with Crippen LogP contribution in [0.3, 0.4) is 0 Å². The summed E-state index contributed by atoms with van der Waals surface area (Å²) in [6.07, 6.45) is 2.69. The van der Waals surface area contributed by atoms with Gasteiger partial charge in [-0.15, -0.1) is 11.3 Å². The van der Waals surface area contributed by atoms with E-state index in [0.29, 0.717) is 29.6 Å². The zero-order valence-corrected chi connectivity index (χ0v) is 21.6. The average molecular weight is 513 g/mol. The predicted octanol–water partition coefficient (Wildman–Crippen LogP) is 6.50. The Bertz CT molecular complexity index is 1520. The summed E-state index contributed by atoms with van der Waals surface area (Å²) in [5.41, 5.74) is 3.32. The van der Waals surface area contributed by atoms with Crippen molar-refractivity contribution >= 4 is 39.0 Å². The molecule has 2 N–H and O–H groups in total. The van der Waals surface area contributed by atoms with Crippen molar-refractivity contribution in [3.05, 3.63) is 87.8 Å². The Morgan fingerprint density at radius 1 is 1.05 bits per heavy atom. The highest BCUT2D eigenvalue weighted by molar-refractivity contribution is 7.16. The summed E-state index contributed by atoms with van der Waals surface area (Å²) in [6, 6.07) is 18.7. The molecule has 1 amide bonds. The van der Waals surface area contributed by atoms with Crippen molar-refractivity contribution in [2.45, 2.75) is 39.3 Å². The molecule has 2 aliphatic rings. The van der Waals surface area contributed by atoms with Crippen LogP contribution < -0.4 is 20.1 Å². The summed E-state index contributed by atoms with van der Waals surface area (Å²) >= 11 is 1.70. The van der Waals surface area contributed by atoms with Gasteiger partial charge in [-0.25, -0.2) is 4.79 Å². The van der Waals surface area contributed by atoms with Crippen LogP contribution >= 0.6 is 11.3 Å². The third-order valence-corrected chi connectivity index (χ3v) is 8.29. The fraction of sp³-hybridized carbons (Fsp3) is 0.267. The second-order valence-electron chi connectivity index (χ2n) is 9.66. The fourth-order valence-electron chi connectivity index (χ4n) is 5.24. The van der Waals surface area contributed by atoms with E-state index in [4.69, 9.17) is 9.47 Å². The summed E-state index contributed by atoms with van der Waals surface area (Å²) in [5.74, 6) is 0.943. The number of carbonyl (C=O) groups excluding carboxylic acids is 2. The second-order valence-corrected chi connectivity index (χ2v) is 10.8. The number of carbonyl (C=O) groups is 2. The van der Waals surface area contributed by atoms with Crippen LogP contribution in [0.5, 0.6) is 11.5 Å². The topological polar surface area (TPSA) is 76.7 Å². The first kappa shape index (κ1) is 23.6. The van der Waals surface area contributed by atoms with E-state index in [1.807, 2.05) is 55.5 Å². The van der Waals surface area contributed by atoms with Gasteiger partial charge < -0.3 is 20.1 Å². The molecule has 4 aromatic rings. The van der Waals surface area contributed by atoms with E-state index in [2.05, 4.69) is 17.6 Å². The van der Waals surface area contributed by atoms with E-state index < -0.39 is 12.1 Å². The highest BCUT2D eigenvalue weighted by Crippen LogP contribution is 2.43. The molecule has 0 saturated heterocycles. The van der Waals surface area contributed by atoms with Crippen LogP contribution in [-0.2, 0) is 12.8 Å². The number of ether oxygens (including phenoxy) is 2. The Balaban J connectivity index is 1.27. The minimum Gasteiger partial charge on any atom is -0.490 e. The number of rotatable bonds is 5. The first-order valence-corrected chi connectivity index (χ1v) is 13.5. The molecule has 0 unspecified atom stereocenters. The third kappa shape index (κ3) is 4.33. The summed E-state index contributed by atoms with van der Waals surface area (Å²) in [4.78, 5) is 27.6. The molecular formula is C30H28N2O4S. The van der Waals surface area contributed by atoms with Crippen LogP contribution in [0.25, 0.3) is 10.8 Å². The summed E-state index contributed by atoms with van der Waals surface area (Å²) < 4.78 is 11.7. The lowest BCUT2D eigenvalue weighted by atomic mass is 9.88. The monoisotopic (exact) mass is 512 g/mol. The number of benzene rings is 3. The Labute approximate surface area is 219 Å². The van der Waals surface area contributed by atoms with E-state index in [9.17, 15) is 9.59 Å². The molecule has 0 fully saturated rings. The number of hydrogen-bond donors (Lipinski definition) is 2. The van der Waals surface area contributed by atoms with Crippen molar-refractivity contribution in [1.82, 2.24) is 5.32 Å². The standard InChI is InChI=1S/C30H28N2O4S/c1-3-35-24-16-19(27-31-28(33)26-22-13-11-17(2)15-25(22)37-29(26)32-27)12-14-23(24)36-30(34)21-10-6-8-18-7-4-5-9-20(18)21/h4-10,12,14,16-17,27,32H,3,11,13,15H2,1-2H3,(H,31,33)/t17-,27-/m1/s1. The van der Waals surface area contributed by atoms with Gasteiger partial charge in [0.1, 0.15) is 11.2 Å². The molecule has 7 heteroatoms. The van der Waals surface area contributed by atoms with E-state index in [-0.39, 0.29) is 5.91 Å². The van der Waals surface area contributed by atoms with Crippen molar-refractivity contribution in [2.75, 3.05) is 11.9 Å². The lowest BCUT2D eigenvalue weighted by Crippen LogP contribution is -2.38. The van der Waals surface area contributed by atoms with Gasteiger partial charge in [-0.3, -0.25) is 4.79 Å². The highest BCUT2D eigenvalue weighted by atomic mass is 32.1. The van der Waals surface area contributed by atoms with E-state index in [1.165, 1.54) is 10.4 Å². The van der Waals surface area contributed by atoms with Crippen LogP contribution in [0.1, 0.15) is 63.2 Å². The zero-order chi connectivity index (χ0) is 25.5. The Morgan fingerprint density at radius 2 is 1.89 bits per heavy atom. The zero-order valence-electron chi connectivity index (χ0n) is 20.8. The molecule has 2 heterocycles. The molecule has 0 spiro atoms. The molecule has 0 radical (unpaired) electrons. The summed E-state index contributed by atoms with van der Waals surface area (Å²) in [6.45, 7) is 4.56. The second kappa shape index (κ2) is 9.56. The van der Waals surface area contributed by atoms with Crippen LogP contribution in [0.15, 0.2) is 60.7 Å². The van der Waals surface area contributed by atoms with Crippen LogP contribution in [0, 0.1) is 5.92 Å². The first-order chi connectivity index (χ1) is 18.0. The van der Waals surface area contributed by atoms with Crippen molar-refractivity contribution in [3.8, 4) is 11.5 Å². The number of nitrogens with one attached hydrogen (secondary N) is 2. The van der Waals surface area contributed by atoms with Gasteiger partial charge in [0.05, 0.1) is 17.7 Å². The highest BCUT2D eigenvalue weighted by Gasteiger charge is 2.33. The lowest BCUT2D eigenvalue weighted by molar-refractivity contribution is 0.0730. The molecule has 1 aliphatic carbocycles. The number of amides is 1. The third-order valence-electron chi connectivity index (χ3n) is 7.10. The SMILES string of the molecule is CCOc1cc([C@@H]2NC(=O)c3c(sc4c3CC[C@@H](C)C4)N2)ccc1OC(=O)c1cccc2ccccc12. The Hall–Kier alpha value is -3.84. The summed E-state index contributed by atoms with van der Waals surface area (Å²) in [7, 11) is 0. The molecule has 0 saturated carbocycles. The normalized spacial score (nSPS) is 18.4. The van der Waals surface area contributed by atoms with Gasteiger partial charge >= 0.3 is 5.97 Å². The minimum atomic E-state index is -0.447. The molecule has 6 rings (SSSR count). The molecule has 1 aromatic heterocycles. The Morgan fingerprint density at radius 3 is 2.76 bits per heavy atom. The van der Waals surface area contributed by atoms with Gasteiger partial charge in [-0.2, -0.15) is 0 Å². The maximum absolute atomic E-state index is 13.1. The van der Waals surface area contributed by atoms with Crippen LogP contribution in [0.2, 0.25) is 0 Å². The van der Waals surface area contributed by atoms with Gasteiger partial charge in [0.15, 0.2) is 11.5 Å². The number of thiophene rings is 1. The van der Waals surface area contributed by atoms with Crippen molar-refractivity contribution < 1.29 is 19.1 Å². The molecule has 0 bridgehead atoms. The van der Waals surface area contributed by atoms with E-state index in [0.717, 1.165) is 46.2 Å². The maximum atomic E-state index is 13.1. The number of esters is 1. The van der Waals surface area contributed by atoms with Gasteiger partial charge in [0.25, 0.3) is 5.91 Å². The molecular weight excluding hydrogens is 484 g/mol.